The summed E-state index contributed by atoms with van der Waals surface area (Å²) in [6, 6.07) is 10.5. The van der Waals surface area contributed by atoms with Crippen molar-refractivity contribution in [2.45, 2.75) is 37.8 Å². The highest BCUT2D eigenvalue weighted by molar-refractivity contribution is 7.68. The summed E-state index contributed by atoms with van der Waals surface area (Å²) in [4.78, 5) is 0. The van der Waals surface area contributed by atoms with Crippen LogP contribution in [0.25, 0.3) is 0 Å². The molecule has 0 radical (unpaired) electrons. The Labute approximate surface area is 96.1 Å². The minimum Gasteiger partial charge on any atom is -0.284 e. The SMILES string of the molecule is O=P1(c2ccccc2)N[C@H]2CCCC[C@H]2N1. The van der Waals surface area contributed by atoms with Gasteiger partial charge in [0.05, 0.1) is 0 Å². The van der Waals surface area contributed by atoms with Crippen molar-refractivity contribution in [1.82, 2.24) is 10.2 Å². The van der Waals surface area contributed by atoms with E-state index in [0.29, 0.717) is 12.1 Å². The molecule has 1 heterocycles. The molecule has 2 fully saturated rings. The third kappa shape index (κ3) is 1.73. The molecule has 4 heteroatoms. The fourth-order valence-corrected chi connectivity index (χ4v) is 5.25. The van der Waals surface area contributed by atoms with Crippen LogP contribution in [0.5, 0.6) is 0 Å². The predicted octanol–water partition coefficient (Wildman–Crippen LogP) is 2.01. The number of benzene rings is 1. The zero-order chi connectivity index (χ0) is 11.0. The van der Waals surface area contributed by atoms with Gasteiger partial charge in [0.1, 0.15) is 0 Å². The van der Waals surface area contributed by atoms with Crippen molar-refractivity contribution >= 4 is 12.7 Å². The van der Waals surface area contributed by atoms with E-state index in [1.807, 2.05) is 30.3 Å². The van der Waals surface area contributed by atoms with Crippen LogP contribution in [0.3, 0.4) is 0 Å². The lowest BCUT2D eigenvalue weighted by Gasteiger charge is -2.22. The van der Waals surface area contributed by atoms with Crippen molar-refractivity contribution in [2.75, 3.05) is 0 Å². The maximum atomic E-state index is 12.8. The third-order valence-electron chi connectivity index (χ3n) is 3.58. The van der Waals surface area contributed by atoms with Gasteiger partial charge in [-0.3, -0.25) is 4.57 Å². The van der Waals surface area contributed by atoms with Crippen LogP contribution >= 0.6 is 7.44 Å². The summed E-state index contributed by atoms with van der Waals surface area (Å²) in [5, 5.41) is 7.57. The van der Waals surface area contributed by atoms with Crippen LogP contribution in [0.2, 0.25) is 0 Å². The third-order valence-corrected chi connectivity index (χ3v) is 6.00. The topological polar surface area (TPSA) is 41.1 Å². The first-order valence-electron chi connectivity index (χ1n) is 5.99. The van der Waals surface area contributed by atoms with Crippen molar-refractivity contribution in [3.8, 4) is 0 Å². The molecule has 3 nitrogen and oxygen atoms in total. The summed E-state index contributed by atoms with van der Waals surface area (Å²) >= 11 is 0. The van der Waals surface area contributed by atoms with E-state index in [1.54, 1.807) is 0 Å². The van der Waals surface area contributed by atoms with Crippen molar-refractivity contribution in [1.29, 1.82) is 0 Å². The van der Waals surface area contributed by atoms with Crippen LogP contribution in [0.15, 0.2) is 30.3 Å². The van der Waals surface area contributed by atoms with Gasteiger partial charge in [0.2, 0.25) is 7.44 Å². The maximum absolute atomic E-state index is 12.8. The Morgan fingerprint density at radius 3 is 2.12 bits per heavy atom. The van der Waals surface area contributed by atoms with Gasteiger partial charge in [-0.05, 0) is 25.0 Å². The molecule has 3 rings (SSSR count). The maximum Gasteiger partial charge on any atom is 0.241 e. The Bertz CT molecular complexity index is 402. The molecular formula is C12H17N2OP. The number of nitrogens with one attached hydrogen (secondary N) is 2. The summed E-state index contributed by atoms with van der Waals surface area (Å²) in [6.45, 7) is 0. The fraction of sp³-hybridized carbons (Fsp3) is 0.500. The van der Waals surface area contributed by atoms with E-state index in [1.165, 1.54) is 12.8 Å². The van der Waals surface area contributed by atoms with Crippen molar-refractivity contribution < 1.29 is 4.57 Å². The highest BCUT2D eigenvalue weighted by Crippen LogP contribution is 2.44. The van der Waals surface area contributed by atoms with E-state index in [2.05, 4.69) is 10.2 Å². The van der Waals surface area contributed by atoms with Gasteiger partial charge < -0.3 is 0 Å². The summed E-state index contributed by atoms with van der Waals surface area (Å²) in [5.74, 6) is 0. The van der Waals surface area contributed by atoms with Gasteiger partial charge in [-0.25, -0.2) is 10.2 Å². The second kappa shape index (κ2) is 3.99. The van der Waals surface area contributed by atoms with Gasteiger partial charge in [0.15, 0.2) is 0 Å². The molecule has 86 valence electrons. The average Bonchev–Trinajstić information content (AvgIpc) is 2.68. The number of hydrogen-bond acceptors (Lipinski definition) is 1. The molecule has 1 saturated heterocycles. The molecule has 2 N–H and O–H groups in total. The van der Waals surface area contributed by atoms with Crippen LogP contribution < -0.4 is 15.5 Å². The first-order valence-corrected chi connectivity index (χ1v) is 7.70. The number of fused-ring (bicyclic) bond motifs is 1. The quantitative estimate of drug-likeness (QED) is 0.733. The monoisotopic (exact) mass is 236 g/mol. The largest absolute Gasteiger partial charge is 0.284 e. The Balaban J connectivity index is 1.88. The van der Waals surface area contributed by atoms with Crippen LogP contribution in [0, 0.1) is 0 Å². The highest BCUT2D eigenvalue weighted by atomic mass is 31.2. The van der Waals surface area contributed by atoms with E-state index in [9.17, 15) is 4.57 Å². The van der Waals surface area contributed by atoms with E-state index in [0.717, 1.165) is 18.1 Å². The first-order chi connectivity index (χ1) is 7.78. The zero-order valence-corrected chi connectivity index (χ0v) is 10.1. The van der Waals surface area contributed by atoms with Crippen LogP contribution in [0.4, 0.5) is 0 Å². The Hall–Kier alpha value is -0.630. The molecule has 1 aromatic rings. The molecular weight excluding hydrogens is 219 g/mol. The standard InChI is InChI=1S/C12H17N2OP/c15-16(10-6-2-1-3-7-10)13-11-8-4-5-9-12(11)14-16/h1-3,6-7,11-12H,4-5,8-9H2,(H2,13,14,15)/t11-,12+,16?. The summed E-state index contributed by atoms with van der Waals surface area (Å²) in [7, 11) is -2.53. The lowest BCUT2D eigenvalue weighted by Crippen LogP contribution is -2.36. The van der Waals surface area contributed by atoms with Gasteiger partial charge in [-0.1, -0.05) is 31.0 Å². The molecule has 0 bridgehead atoms. The molecule has 1 aliphatic carbocycles. The van der Waals surface area contributed by atoms with Crippen LogP contribution in [-0.2, 0) is 4.57 Å². The average molecular weight is 236 g/mol. The van der Waals surface area contributed by atoms with Gasteiger partial charge >= 0.3 is 0 Å². The smallest absolute Gasteiger partial charge is 0.241 e. The molecule has 1 aromatic carbocycles. The van der Waals surface area contributed by atoms with E-state index in [-0.39, 0.29) is 0 Å². The summed E-state index contributed by atoms with van der Waals surface area (Å²) in [6.07, 6.45) is 4.80. The summed E-state index contributed by atoms with van der Waals surface area (Å²) < 4.78 is 12.8. The second-order valence-electron chi connectivity index (χ2n) is 4.70. The van der Waals surface area contributed by atoms with Crippen molar-refractivity contribution in [3.63, 3.8) is 0 Å². The minimum atomic E-state index is -2.53. The first kappa shape index (κ1) is 10.5. The summed E-state index contributed by atoms with van der Waals surface area (Å²) in [5.41, 5.74) is 0. The molecule has 2 aliphatic rings. The van der Waals surface area contributed by atoms with Crippen LogP contribution in [-0.4, -0.2) is 12.1 Å². The molecule has 1 aliphatic heterocycles. The fourth-order valence-electron chi connectivity index (χ4n) is 2.73. The van der Waals surface area contributed by atoms with Gasteiger partial charge in [0.25, 0.3) is 0 Å². The number of hydrogen-bond donors (Lipinski definition) is 2. The highest BCUT2D eigenvalue weighted by Gasteiger charge is 2.42. The van der Waals surface area contributed by atoms with Crippen molar-refractivity contribution in [3.05, 3.63) is 30.3 Å². The Morgan fingerprint density at radius 1 is 1.00 bits per heavy atom. The predicted molar refractivity (Wildman–Crippen MR) is 66.0 cm³/mol. The molecule has 1 saturated carbocycles. The van der Waals surface area contributed by atoms with Gasteiger partial charge in [0, 0.05) is 17.4 Å². The normalized spacial score (nSPS) is 38.2. The van der Waals surface area contributed by atoms with Crippen molar-refractivity contribution in [2.24, 2.45) is 0 Å². The van der Waals surface area contributed by atoms with E-state index >= 15 is 0 Å². The lowest BCUT2D eigenvalue weighted by atomic mass is 9.92. The van der Waals surface area contributed by atoms with Gasteiger partial charge in [-0.15, -0.1) is 0 Å². The van der Waals surface area contributed by atoms with Gasteiger partial charge in [-0.2, -0.15) is 0 Å². The molecule has 16 heavy (non-hydrogen) atoms. The molecule has 0 amide bonds. The lowest BCUT2D eigenvalue weighted by molar-refractivity contribution is 0.374. The number of rotatable bonds is 1. The molecule has 0 spiro atoms. The van der Waals surface area contributed by atoms with Crippen LogP contribution in [0.1, 0.15) is 25.7 Å². The Kier molecular flexibility index (Phi) is 2.62. The molecule has 1 unspecified atom stereocenters. The van der Waals surface area contributed by atoms with E-state index in [4.69, 9.17) is 0 Å². The minimum absolute atomic E-state index is 0.403. The zero-order valence-electron chi connectivity index (χ0n) is 9.23. The second-order valence-corrected chi connectivity index (χ2v) is 6.95. The molecule has 3 atom stereocenters. The molecule has 0 aromatic heterocycles. The van der Waals surface area contributed by atoms with E-state index < -0.39 is 7.44 Å². The Morgan fingerprint density at radius 2 is 1.56 bits per heavy atom.